The second-order valence-corrected chi connectivity index (χ2v) is 8.21. The summed E-state index contributed by atoms with van der Waals surface area (Å²) in [5, 5.41) is 14.3. The molecule has 0 saturated carbocycles. The largest absolute Gasteiger partial charge is 0.507 e. The third-order valence-electron chi connectivity index (χ3n) is 5.38. The Morgan fingerprint density at radius 1 is 1.16 bits per heavy atom. The Kier molecular flexibility index (Phi) is 5.89. The van der Waals surface area contributed by atoms with Gasteiger partial charge in [0.1, 0.15) is 17.4 Å². The van der Waals surface area contributed by atoms with Crippen LogP contribution >= 0.6 is 11.6 Å². The number of fused-ring (bicyclic) bond motifs is 1. The first-order valence-corrected chi connectivity index (χ1v) is 10.8. The SMILES string of the molecule is CCNc1nc(=O)n(-c2ccccc2C(C)C)c2cc(-c3c(O)cccc3F)c(Cl)cc12. The predicted molar refractivity (Wildman–Crippen MR) is 128 cm³/mol. The second-order valence-electron chi connectivity index (χ2n) is 7.81. The Morgan fingerprint density at radius 3 is 2.59 bits per heavy atom. The highest BCUT2D eigenvalue weighted by Crippen LogP contribution is 2.40. The van der Waals surface area contributed by atoms with E-state index in [9.17, 15) is 14.3 Å². The van der Waals surface area contributed by atoms with Crippen LogP contribution in [0.25, 0.3) is 27.7 Å². The zero-order chi connectivity index (χ0) is 23.0. The van der Waals surface area contributed by atoms with Gasteiger partial charge >= 0.3 is 5.69 Å². The maximum absolute atomic E-state index is 14.7. The van der Waals surface area contributed by atoms with Crippen molar-refractivity contribution in [1.82, 2.24) is 9.55 Å². The van der Waals surface area contributed by atoms with E-state index in [4.69, 9.17) is 11.6 Å². The Hall–Kier alpha value is -3.38. The van der Waals surface area contributed by atoms with Gasteiger partial charge in [0.2, 0.25) is 0 Å². The standard InChI is InChI=1S/C25H23ClFN3O2/c1-4-28-24-17-12-18(26)16(23-19(27)9-7-11-22(23)31)13-21(17)30(25(32)29-24)20-10-6-5-8-15(20)14(2)3/h5-14,31H,4H2,1-3H3,(H,28,29,32). The average Bonchev–Trinajstić information content (AvgIpc) is 2.75. The van der Waals surface area contributed by atoms with E-state index in [0.717, 1.165) is 5.56 Å². The van der Waals surface area contributed by atoms with Crippen LogP contribution in [0.5, 0.6) is 5.75 Å². The van der Waals surface area contributed by atoms with Crippen LogP contribution in [0.3, 0.4) is 0 Å². The van der Waals surface area contributed by atoms with Crippen LogP contribution in [0, 0.1) is 5.82 Å². The van der Waals surface area contributed by atoms with E-state index in [2.05, 4.69) is 10.3 Å². The molecule has 0 unspecified atom stereocenters. The van der Waals surface area contributed by atoms with Gasteiger partial charge in [-0.25, -0.2) is 9.18 Å². The smallest absolute Gasteiger partial charge is 0.354 e. The van der Waals surface area contributed by atoms with Crippen LogP contribution in [-0.2, 0) is 0 Å². The highest BCUT2D eigenvalue weighted by atomic mass is 35.5. The molecule has 164 valence electrons. The van der Waals surface area contributed by atoms with Crippen LogP contribution in [0.2, 0.25) is 5.02 Å². The van der Waals surface area contributed by atoms with Gasteiger partial charge in [0.15, 0.2) is 0 Å². The number of rotatable bonds is 5. The monoisotopic (exact) mass is 451 g/mol. The van der Waals surface area contributed by atoms with Crippen molar-refractivity contribution in [1.29, 1.82) is 0 Å². The van der Waals surface area contributed by atoms with E-state index in [1.54, 1.807) is 12.1 Å². The van der Waals surface area contributed by atoms with E-state index in [0.29, 0.717) is 34.5 Å². The summed E-state index contributed by atoms with van der Waals surface area (Å²) in [4.78, 5) is 17.5. The summed E-state index contributed by atoms with van der Waals surface area (Å²) >= 11 is 6.55. The summed E-state index contributed by atoms with van der Waals surface area (Å²) in [5.74, 6) is -0.284. The number of phenolic OH excluding ortho intramolecular Hbond substituents is 1. The molecule has 0 saturated heterocycles. The lowest BCUT2D eigenvalue weighted by Gasteiger charge is -2.19. The maximum Gasteiger partial charge on any atom is 0.354 e. The molecule has 1 aromatic heterocycles. The highest BCUT2D eigenvalue weighted by Gasteiger charge is 2.20. The Bertz CT molecular complexity index is 1360. The minimum atomic E-state index is -0.608. The molecule has 32 heavy (non-hydrogen) atoms. The third-order valence-corrected chi connectivity index (χ3v) is 5.70. The van der Waals surface area contributed by atoms with Gasteiger partial charge in [-0.2, -0.15) is 4.98 Å². The van der Waals surface area contributed by atoms with Crippen molar-refractivity contribution < 1.29 is 9.50 Å². The molecule has 0 aliphatic rings. The first-order valence-electron chi connectivity index (χ1n) is 10.4. The number of anilines is 1. The van der Waals surface area contributed by atoms with Crippen LogP contribution < -0.4 is 11.0 Å². The van der Waals surface area contributed by atoms with Crippen molar-refractivity contribution in [2.24, 2.45) is 0 Å². The van der Waals surface area contributed by atoms with Crippen LogP contribution in [0.4, 0.5) is 10.2 Å². The van der Waals surface area contributed by atoms with Crippen molar-refractivity contribution in [2.45, 2.75) is 26.7 Å². The normalized spacial score (nSPS) is 11.3. The molecule has 4 aromatic rings. The zero-order valence-corrected chi connectivity index (χ0v) is 18.7. The lowest BCUT2D eigenvalue weighted by atomic mass is 9.99. The third kappa shape index (κ3) is 3.71. The molecule has 0 bridgehead atoms. The van der Waals surface area contributed by atoms with Gasteiger partial charge in [0, 0.05) is 22.5 Å². The molecule has 3 aromatic carbocycles. The number of aromatic hydroxyl groups is 1. The zero-order valence-electron chi connectivity index (χ0n) is 18.0. The molecule has 0 amide bonds. The van der Waals surface area contributed by atoms with E-state index in [1.165, 1.54) is 22.8 Å². The summed E-state index contributed by atoms with van der Waals surface area (Å²) in [6, 6.07) is 15.0. The molecule has 0 atom stereocenters. The van der Waals surface area contributed by atoms with Gasteiger partial charge in [0.25, 0.3) is 0 Å². The van der Waals surface area contributed by atoms with Gasteiger partial charge in [-0.15, -0.1) is 0 Å². The number of benzene rings is 3. The van der Waals surface area contributed by atoms with E-state index in [1.807, 2.05) is 45.0 Å². The van der Waals surface area contributed by atoms with Crippen LogP contribution in [-0.4, -0.2) is 21.2 Å². The minimum Gasteiger partial charge on any atom is -0.507 e. The van der Waals surface area contributed by atoms with E-state index < -0.39 is 11.5 Å². The van der Waals surface area contributed by atoms with Gasteiger partial charge in [0.05, 0.1) is 16.8 Å². The van der Waals surface area contributed by atoms with Crippen molar-refractivity contribution in [3.05, 3.63) is 81.5 Å². The summed E-state index contributed by atoms with van der Waals surface area (Å²) in [5.41, 5.74) is 1.98. The fourth-order valence-electron chi connectivity index (χ4n) is 3.93. The molecule has 5 nitrogen and oxygen atoms in total. The second kappa shape index (κ2) is 8.63. The van der Waals surface area contributed by atoms with Gasteiger partial charge in [-0.05, 0) is 48.7 Å². The lowest BCUT2D eigenvalue weighted by molar-refractivity contribution is 0.472. The number of nitrogens with one attached hydrogen (secondary N) is 1. The minimum absolute atomic E-state index is 0.0163. The number of hydrogen-bond donors (Lipinski definition) is 2. The molecule has 2 N–H and O–H groups in total. The molecule has 7 heteroatoms. The topological polar surface area (TPSA) is 67.2 Å². The van der Waals surface area contributed by atoms with E-state index in [-0.39, 0.29) is 22.3 Å². The van der Waals surface area contributed by atoms with Crippen LogP contribution in [0.15, 0.2) is 59.4 Å². The Labute approximate surface area is 190 Å². The van der Waals surface area contributed by atoms with Gasteiger partial charge in [-0.1, -0.05) is 49.7 Å². The van der Waals surface area contributed by atoms with Crippen molar-refractivity contribution >= 4 is 28.3 Å². The number of hydrogen-bond acceptors (Lipinski definition) is 4. The molecular formula is C25H23ClFN3O2. The summed E-state index contributed by atoms with van der Waals surface area (Å²) in [6.45, 7) is 6.56. The van der Waals surface area contributed by atoms with Crippen molar-refractivity contribution in [3.63, 3.8) is 0 Å². The van der Waals surface area contributed by atoms with Gasteiger partial charge < -0.3 is 10.4 Å². The number of nitrogens with zero attached hydrogens (tertiary/aromatic N) is 2. The summed E-state index contributed by atoms with van der Waals surface area (Å²) in [6.07, 6.45) is 0. The fourth-order valence-corrected chi connectivity index (χ4v) is 4.19. The molecule has 1 heterocycles. The predicted octanol–water partition coefficient (Wildman–Crippen LogP) is 6.11. The maximum atomic E-state index is 14.7. The molecule has 0 aliphatic carbocycles. The van der Waals surface area contributed by atoms with Gasteiger partial charge in [-0.3, -0.25) is 4.57 Å². The number of para-hydroxylation sites is 1. The first-order chi connectivity index (χ1) is 15.3. The number of aromatic nitrogens is 2. The van der Waals surface area contributed by atoms with E-state index >= 15 is 0 Å². The lowest BCUT2D eigenvalue weighted by Crippen LogP contribution is -2.24. The summed E-state index contributed by atoms with van der Waals surface area (Å²) in [7, 11) is 0. The Balaban J connectivity index is 2.15. The summed E-state index contributed by atoms with van der Waals surface area (Å²) < 4.78 is 16.2. The highest BCUT2D eigenvalue weighted by molar-refractivity contribution is 6.34. The molecule has 0 spiro atoms. The number of phenols is 1. The molecule has 0 radical (unpaired) electrons. The first kappa shape index (κ1) is 21.8. The molecule has 0 aliphatic heterocycles. The van der Waals surface area contributed by atoms with Crippen molar-refractivity contribution in [2.75, 3.05) is 11.9 Å². The molecule has 4 rings (SSSR count). The van der Waals surface area contributed by atoms with Crippen LogP contribution in [0.1, 0.15) is 32.3 Å². The Morgan fingerprint density at radius 2 is 1.91 bits per heavy atom. The fraction of sp³-hybridized carbons (Fsp3) is 0.200. The molecular weight excluding hydrogens is 429 g/mol. The average molecular weight is 452 g/mol. The van der Waals surface area contributed by atoms with Crippen molar-refractivity contribution in [3.8, 4) is 22.6 Å². The number of halogens is 2. The molecule has 0 fully saturated rings. The quantitative estimate of drug-likeness (QED) is 0.384.